The van der Waals surface area contributed by atoms with E-state index in [4.69, 9.17) is 0 Å². The van der Waals surface area contributed by atoms with Crippen molar-refractivity contribution in [3.8, 4) is 0 Å². The van der Waals surface area contributed by atoms with E-state index >= 15 is 0 Å². The molecule has 18 heavy (non-hydrogen) atoms. The monoisotopic (exact) mass is 262 g/mol. The van der Waals surface area contributed by atoms with Crippen LogP contribution in [-0.4, -0.2) is 30.8 Å². The molecule has 94 valence electrons. The third-order valence-electron chi connectivity index (χ3n) is 3.28. The maximum absolute atomic E-state index is 12.5. The highest BCUT2D eigenvalue weighted by atomic mass is 32.2. The maximum atomic E-state index is 12.5. The summed E-state index contributed by atoms with van der Waals surface area (Å²) >= 11 is 0. The van der Waals surface area contributed by atoms with Gasteiger partial charge < -0.3 is 0 Å². The van der Waals surface area contributed by atoms with Crippen molar-refractivity contribution in [2.45, 2.75) is 17.7 Å². The smallest absolute Gasteiger partial charge is 0.245 e. The lowest BCUT2D eigenvalue weighted by Crippen LogP contribution is -2.28. The molecular formula is C13H14N2O2S. The molecular weight excluding hydrogens is 248 g/mol. The first-order chi connectivity index (χ1) is 8.69. The van der Waals surface area contributed by atoms with Crippen LogP contribution in [0.5, 0.6) is 0 Å². The molecule has 1 fully saturated rings. The van der Waals surface area contributed by atoms with Crippen LogP contribution in [-0.2, 0) is 10.0 Å². The van der Waals surface area contributed by atoms with Crippen LogP contribution in [0.15, 0.2) is 41.4 Å². The molecule has 2 aromatic rings. The number of nitrogens with zero attached hydrogens (tertiary/aromatic N) is 2. The number of rotatable bonds is 2. The van der Waals surface area contributed by atoms with Gasteiger partial charge in [0.2, 0.25) is 10.0 Å². The average molecular weight is 262 g/mol. The largest absolute Gasteiger partial charge is 0.255 e. The molecule has 0 radical (unpaired) electrons. The Balaban J connectivity index is 2.19. The van der Waals surface area contributed by atoms with Crippen LogP contribution in [0.3, 0.4) is 0 Å². The summed E-state index contributed by atoms with van der Waals surface area (Å²) in [5.41, 5.74) is 0.562. The molecule has 1 aliphatic heterocycles. The second-order valence-corrected chi connectivity index (χ2v) is 6.35. The quantitative estimate of drug-likeness (QED) is 0.832. The Morgan fingerprint density at radius 3 is 2.56 bits per heavy atom. The minimum Gasteiger partial charge on any atom is -0.255 e. The van der Waals surface area contributed by atoms with Gasteiger partial charge >= 0.3 is 0 Å². The lowest BCUT2D eigenvalue weighted by molar-refractivity contribution is 0.478. The standard InChI is InChI=1S/C13H14N2O2S/c16-18(17,15-9-1-2-10-15)12-7-3-5-11-6-4-8-14-13(11)12/h3-8H,1-2,9-10H2. The molecule has 0 bridgehead atoms. The lowest BCUT2D eigenvalue weighted by atomic mass is 10.2. The molecule has 0 atom stereocenters. The summed E-state index contributed by atoms with van der Waals surface area (Å²) in [5, 5.41) is 0.859. The SMILES string of the molecule is O=S(=O)(c1cccc2cccnc12)N1CCCC1. The number of fused-ring (bicyclic) bond motifs is 1. The minimum absolute atomic E-state index is 0.322. The molecule has 2 heterocycles. The topological polar surface area (TPSA) is 50.3 Å². The van der Waals surface area contributed by atoms with Crippen molar-refractivity contribution in [2.75, 3.05) is 13.1 Å². The lowest BCUT2D eigenvalue weighted by Gasteiger charge is -2.16. The molecule has 0 aliphatic carbocycles. The fraction of sp³-hybridized carbons (Fsp3) is 0.308. The first-order valence-electron chi connectivity index (χ1n) is 6.03. The second kappa shape index (κ2) is 4.33. The molecule has 1 aromatic heterocycles. The molecule has 5 heteroatoms. The van der Waals surface area contributed by atoms with Crippen molar-refractivity contribution in [3.05, 3.63) is 36.5 Å². The Morgan fingerprint density at radius 1 is 1.06 bits per heavy atom. The van der Waals surface area contributed by atoms with E-state index in [-0.39, 0.29) is 0 Å². The Bertz CT molecular complexity index is 671. The number of aromatic nitrogens is 1. The van der Waals surface area contributed by atoms with E-state index < -0.39 is 10.0 Å². The Hall–Kier alpha value is -1.46. The van der Waals surface area contributed by atoms with Gasteiger partial charge in [-0.15, -0.1) is 0 Å². The fourth-order valence-electron chi connectivity index (χ4n) is 2.35. The normalized spacial score (nSPS) is 17.3. The third-order valence-corrected chi connectivity index (χ3v) is 5.21. The number of hydrogen-bond donors (Lipinski definition) is 0. The van der Waals surface area contributed by atoms with Crippen molar-refractivity contribution in [3.63, 3.8) is 0 Å². The predicted octanol–water partition coefficient (Wildman–Crippen LogP) is 2.02. The zero-order valence-electron chi connectivity index (χ0n) is 9.91. The van der Waals surface area contributed by atoms with Gasteiger partial charge in [-0.25, -0.2) is 8.42 Å². The summed E-state index contributed by atoms with van der Waals surface area (Å²) < 4.78 is 26.6. The van der Waals surface area contributed by atoms with Crippen LogP contribution >= 0.6 is 0 Å². The highest BCUT2D eigenvalue weighted by Crippen LogP contribution is 2.26. The molecule has 1 saturated heterocycles. The van der Waals surface area contributed by atoms with Crippen molar-refractivity contribution < 1.29 is 8.42 Å². The highest BCUT2D eigenvalue weighted by Gasteiger charge is 2.28. The predicted molar refractivity (Wildman–Crippen MR) is 69.7 cm³/mol. The maximum Gasteiger partial charge on any atom is 0.245 e. The van der Waals surface area contributed by atoms with Gasteiger partial charge in [0.15, 0.2) is 0 Å². The van der Waals surface area contributed by atoms with E-state index in [1.165, 1.54) is 0 Å². The first kappa shape index (κ1) is 11.6. The van der Waals surface area contributed by atoms with Crippen LogP contribution in [0.4, 0.5) is 0 Å². The summed E-state index contributed by atoms with van der Waals surface area (Å²) in [6, 6.07) is 8.99. The zero-order chi connectivity index (χ0) is 12.6. The van der Waals surface area contributed by atoms with Crippen LogP contribution in [0.1, 0.15) is 12.8 Å². The van der Waals surface area contributed by atoms with Gasteiger partial charge in [-0.2, -0.15) is 4.31 Å². The Morgan fingerprint density at radius 2 is 1.78 bits per heavy atom. The van der Waals surface area contributed by atoms with E-state index in [2.05, 4.69) is 4.98 Å². The van der Waals surface area contributed by atoms with Gasteiger partial charge in [0, 0.05) is 24.7 Å². The molecule has 0 saturated carbocycles. The number of sulfonamides is 1. The van der Waals surface area contributed by atoms with Crippen LogP contribution in [0, 0.1) is 0 Å². The van der Waals surface area contributed by atoms with Crippen molar-refractivity contribution >= 4 is 20.9 Å². The number of pyridine rings is 1. The van der Waals surface area contributed by atoms with Crippen LogP contribution < -0.4 is 0 Å². The average Bonchev–Trinajstić information content (AvgIpc) is 2.92. The van der Waals surface area contributed by atoms with E-state index in [0.29, 0.717) is 23.5 Å². The summed E-state index contributed by atoms with van der Waals surface area (Å²) in [5.74, 6) is 0. The van der Waals surface area contributed by atoms with Crippen molar-refractivity contribution in [1.29, 1.82) is 0 Å². The van der Waals surface area contributed by atoms with Gasteiger partial charge in [0.25, 0.3) is 0 Å². The molecule has 4 nitrogen and oxygen atoms in total. The second-order valence-electron chi connectivity index (χ2n) is 4.44. The minimum atomic E-state index is -3.39. The third kappa shape index (κ3) is 1.79. The van der Waals surface area contributed by atoms with Gasteiger partial charge in [0.1, 0.15) is 4.90 Å². The van der Waals surface area contributed by atoms with Crippen LogP contribution in [0.2, 0.25) is 0 Å². The fourth-order valence-corrected chi connectivity index (χ4v) is 4.03. The summed E-state index contributed by atoms with van der Waals surface area (Å²) in [4.78, 5) is 4.53. The molecule has 0 amide bonds. The molecule has 1 aliphatic rings. The van der Waals surface area contributed by atoms with Crippen molar-refractivity contribution in [1.82, 2.24) is 9.29 Å². The number of benzene rings is 1. The molecule has 0 N–H and O–H groups in total. The van der Waals surface area contributed by atoms with E-state index in [0.717, 1.165) is 18.2 Å². The van der Waals surface area contributed by atoms with Gasteiger partial charge in [-0.05, 0) is 25.0 Å². The van der Waals surface area contributed by atoms with Crippen molar-refractivity contribution in [2.24, 2.45) is 0 Å². The first-order valence-corrected chi connectivity index (χ1v) is 7.47. The summed E-state index contributed by atoms with van der Waals surface area (Å²) in [6.45, 7) is 1.23. The van der Waals surface area contributed by atoms with Gasteiger partial charge in [-0.3, -0.25) is 4.98 Å². The number of hydrogen-bond acceptors (Lipinski definition) is 3. The Labute approximate surface area is 106 Å². The Kier molecular flexibility index (Phi) is 2.80. The van der Waals surface area contributed by atoms with Gasteiger partial charge in [0.05, 0.1) is 5.52 Å². The van der Waals surface area contributed by atoms with E-state index in [1.54, 1.807) is 22.6 Å². The van der Waals surface area contributed by atoms with E-state index in [1.807, 2.05) is 18.2 Å². The summed E-state index contributed by atoms with van der Waals surface area (Å²) in [7, 11) is -3.39. The molecule has 0 unspecified atom stereocenters. The highest BCUT2D eigenvalue weighted by molar-refractivity contribution is 7.89. The molecule has 0 spiro atoms. The molecule has 3 rings (SSSR count). The van der Waals surface area contributed by atoms with Gasteiger partial charge in [-0.1, -0.05) is 18.2 Å². The number of para-hydroxylation sites is 1. The van der Waals surface area contributed by atoms with E-state index in [9.17, 15) is 8.42 Å². The zero-order valence-corrected chi connectivity index (χ0v) is 10.7. The van der Waals surface area contributed by atoms with Crippen LogP contribution in [0.25, 0.3) is 10.9 Å². The molecule has 1 aromatic carbocycles. The summed E-state index contributed by atoms with van der Waals surface area (Å²) in [6.07, 6.45) is 3.51.